The van der Waals surface area contributed by atoms with Crippen LogP contribution < -0.4 is 20.3 Å². The van der Waals surface area contributed by atoms with Crippen LogP contribution in [0.5, 0.6) is 5.75 Å². The summed E-state index contributed by atoms with van der Waals surface area (Å²) < 4.78 is 5.56. The molecular formula is C21H31N5O4. The first-order valence-electron chi connectivity index (χ1n) is 10.4. The van der Waals surface area contributed by atoms with Gasteiger partial charge in [-0.1, -0.05) is 0 Å². The minimum Gasteiger partial charge on any atom is -0.495 e. The number of piperidine rings is 1. The maximum atomic E-state index is 12.6. The summed E-state index contributed by atoms with van der Waals surface area (Å²) in [6.45, 7) is 3.78. The highest BCUT2D eigenvalue weighted by Crippen LogP contribution is 2.31. The molecule has 2 aliphatic rings. The molecule has 1 fully saturated rings. The number of guanidine groups is 1. The molecule has 9 heteroatoms. The highest BCUT2D eigenvalue weighted by molar-refractivity contribution is 5.95. The van der Waals surface area contributed by atoms with Gasteiger partial charge in [0.05, 0.1) is 19.2 Å². The number of hydrogen-bond acceptors (Lipinski definition) is 7. The smallest absolute Gasteiger partial charge is 0.305 e. The summed E-state index contributed by atoms with van der Waals surface area (Å²) in [6, 6.07) is 5.82. The quantitative estimate of drug-likeness (QED) is 0.611. The predicted molar refractivity (Wildman–Crippen MR) is 115 cm³/mol. The molecule has 0 aliphatic carbocycles. The lowest BCUT2D eigenvalue weighted by Gasteiger charge is -2.35. The largest absolute Gasteiger partial charge is 0.495 e. The minimum absolute atomic E-state index is 0.0810. The fourth-order valence-corrected chi connectivity index (χ4v) is 3.74. The number of amides is 1. The zero-order valence-electron chi connectivity index (χ0n) is 17.7. The van der Waals surface area contributed by atoms with Crippen molar-refractivity contribution in [1.82, 2.24) is 15.5 Å². The number of anilines is 1. The Hall–Kier alpha value is -2.97. The highest BCUT2D eigenvalue weighted by atomic mass is 16.5. The van der Waals surface area contributed by atoms with Crippen molar-refractivity contribution >= 4 is 23.5 Å². The van der Waals surface area contributed by atoms with Crippen molar-refractivity contribution in [2.75, 3.05) is 51.8 Å². The number of carbonyl (C=O) groups excluding carboxylic acids is 1. The molecule has 3 rings (SSSR count). The Labute approximate surface area is 177 Å². The second-order valence-corrected chi connectivity index (χ2v) is 7.67. The van der Waals surface area contributed by atoms with E-state index >= 15 is 0 Å². The SMILES string of the molecule is COc1cc(C(=O)N(C)CCC(=O)O)ccc1N1CCC(NC2=NCCCN2)CC1. The zero-order chi connectivity index (χ0) is 21.5. The van der Waals surface area contributed by atoms with Crippen molar-refractivity contribution in [2.24, 2.45) is 4.99 Å². The molecule has 1 saturated heterocycles. The number of aliphatic carboxylic acids is 1. The summed E-state index contributed by atoms with van der Waals surface area (Å²) in [5.41, 5.74) is 1.45. The summed E-state index contributed by atoms with van der Waals surface area (Å²) in [4.78, 5) is 31.5. The molecule has 0 saturated carbocycles. The Morgan fingerprint density at radius 2 is 2.13 bits per heavy atom. The van der Waals surface area contributed by atoms with Crippen molar-refractivity contribution in [3.63, 3.8) is 0 Å². The first-order chi connectivity index (χ1) is 14.5. The van der Waals surface area contributed by atoms with Gasteiger partial charge >= 0.3 is 5.97 Å². The van der Waals surface area contributed by atoms with Gasteiger partial charge in [-0.25, -0.2) is 0 Å². The average Bonchev–Trinajstić information content (AvgIpc) is 2.77. The van der Waals surface area contributed by atoms with Gasteiger partial charge in [-0.05, 0) is 37.5 Å². The van der Waals surface area contributed by atoms with Crippen LogP contribution in [0.2, 0.25) is 0 Å². The van der Waals surface area contributed by atoms with E-state index in [9.17, 15) is 9.59 Å². The van der Waals surface area contributed by atoms with Crippen molar-refractivity contribution in [2.45, 2.75) is 31.7 Å². The van der Waals surface area contributed by atoms with Crippen molar-refractivity contribution in [3.05, 3.63) is 23.8 Å². The van der Waals surface area contributed by atoms with Crippen LogP contribution >= 0.6 is 0 Å². The standard InChI is InChI=1S/C21H31N5O4/c1-25(11-8-19(27)28)20(29)15-4-5-17(18(14-15)30-2)26-12-6-16(7-13-26)24-21-22-9-3-10-23-21/h4-5,14,16H,3,6-13H2,1-2H3,(H,27,28)(H2,22,23,24). The van der Waals surface area contributed by atoms with Crippen LogP contribution in [0.25, 0.3) is 0 Å². The molecular weight excluding hydrogens is 386 g/mol. The van der Waals surface area contributed by atoms with Gasteiger partial charge in [0.15, 0.2) is 5.96 Å². The number of nitrogens with zero attached hydrogens (tertiary/aromatic N) is 3. The monoisotopic (exact) mass is 417 g/mol. The number of aliphatic imine (C=N–C) groups is 1. The van der Waals surface area contributed by atoms with Gasteiger partial charge in [0.1, 0.15) is 5.75 Å². The molecule has 3 N–H and O–H groups in total. The lowest BCUT2D eigenvalue weighted by Crippen LogP contribution is -2.50. The second-order valence-electron chi connectivity index (χ2n) is 7.67. The van der Waals surface area contributed by atoms with Gasteiger partial charge in [-0.3, -0.25) is 14.6 Å². The molecule has 0 radical (unpaired) electrons. The second kappa shape index (κ2) is 10.2. The summed E-state index contributed by atoms with van der Waals surface area (Å²) in [5.74, 6) is 0.418. The number of rotatable bonds is 7. The number of carboxylic acids is 1. The fraction of sp³-hybridized carbons (Fsp3) is 0.571. The number of nitrogens with one attached hydrogen (secondary N) is 2. The van der Waals surface area contributed by atoms with Gasteiger partial charge in [0.25, 0.3) is 5.91 Å². The number of hydrogen-bond donors (Lipinski definition) is 3. The maximum Gasteiger partial charge on any atom is 0.305 e. The molecule has 164 valence electrons. The summed E-state index contributed by atoms with van der Waals surface area (Å²) in [6.07, 6.45) is 2.98. The van der Waals surface area contributed by atoms with Gasteiger partial charge in [-0.2, -0.15) is 0 Å². The van der Waals surface area contributed by atoms with Crippen molar-refractivity contribution < 1.29 is 19.4 Å². The summed E-state index contributed by atoms with van der Waals surface area (Å²) in [5, 5.41) is 15.6. The van der Waals surface area contributed by atoms with E-state index in [4.69, 9.17) is 9.84 Å². The molecule has 1 aromatic carbocycles. The number of methoxy groups -OCH3 is 1. The van der Waals surface area contributed by atoms with Crippen LogP contribution in [0.15, 0.2) is 23.2 Å². The Kier molecular flexibility index (Phi) is 7.37. The van der Waals surface area contributed by atoms with Gasteiger partial charge < -0.3 is 30.3 Å². The zero-order valence-corrected chi connectivity index (χ0v) is 17.7. The molecule has 2 heterocycles. The Balaban J connectivity index is 1.60. The van der Waals surface area contributed by atoms with E-state index in [1.54, 1.807) is 26.3 Å². The topological polar surface area (TPSA) is 106 Å². The molecule has 0 aromatic heterocycles. The average molecular weight is 418 g/mol. The number of ether oxygens (including phenoxy) is 1. The van der Waals surface area contributed by atoms with Crippen LogP contribution in [0.3, 0.4) is 0 Å². The summed E-state index contributed by atoms with van der Waals surface area (Å²) >= 11 is 0. The number of carbonyl (C=O) groups is 2. The van der Waals surface area contributed by atoms with Gasteiger partial charge in [0, 0.05) is 51.4 Å². The maximum absolute atomic E-state index is 12.6. The molecule has 1 amide bonds. The van der Waals surface area contributed by atoms with E-state index in [1.807, 2.05) is 6.07 Å². The lowest BCUT2D eigenvalue weighted by molar-refractivity contribution is -0.137. The third-order valence-corrected chi connectivity index (χ3v) is 5.51. The van der Waals surface area contributed by atoms with Crippen LogP contribution in [0, 0.1) is 0 Å². The van der Waals surface area contributed by atoms with Crippen LogP contribution in [-0.2, 0) is 4.79 Å². The van der Waals surface area contributed by atoms with E-state index in [0.717, 1.165) is 57.1 Å². The first kappa shape index (κ1) is 21.7. The van der Waals surface area contributed by atoms with Crippen LogP contribution in [0.1, 0.15) is 36.0 Å². The minimum atomic E-state index is -0.924. The molecule has 2 aliphatic heterocycles. The Bertz CT molecular complexity index is 790. The molecule has 9 nitrogen and oxygen atoms in total. The van der Waals surface area contributed by atoms with Crippen molar-refractivity contribution in [3.8, 4) is 5.75 Å². The Morgan fingerprint density at radius 3 is 2.77 bits per heavy atom. The van der Waals surface area contributed by atoms with Gasteiger partial charge in [-0.15, -0.1) is 0 Å². The van der Waals surface area contributed by atoms with Crippen LogP contribution in [-0.4, -0.2) is 80.8 Å². The van der Waals surface area contributed by atoms with Crippen molar-refractivity contribution in [1.29, 1.82) is 0 Å². The molecule has 0 bridgehead atoms. The molecule has 0 unspecified atom stereocenters. The number of carboxylic acid groups (broad SMARTS) is 1. The fourth-order valence-electron chi connectivity index (χ4n) is 3.74. The third kappa shape index (κ3) is 5.55. The predicted octanol–water partition coefficient (Wildman–Crippen LogP) is 1.15. The molecule has 0 atom stereocenters. The van der Waals surface area contributed by atoms with Gasteiger partial charge in [0.2, 0.25) is 0 Å². The summed E-state index contributed by atoms with van der Waals surface area (Å²) in [7, 11) is 3.21. The van der Waals surface area contributed by atoms with E-state index in [-0.39, 0.29) is 18.9 Å². The van der Waals surface area contributed by atoms with Crippen LogP contribution in [0.4, 0.5) is 5.69 Å². The molecule has 0 spiro atoms. The Morgan fingerprint density at radius 1 is 1.37 bits per heavy atom. The lowest BCUT2D eigenvalue weighted by atomic mass is 10.0. The first-order valence-corrected chi connectivity index (χ1v) is 10.4. The third-order valence-electron chi connectivity index (χ3n) is 5.51. The number of benzene rings is 1. The van der Waals surface area contributed by atoms with E-state index in [1.165, 1.54) is 4.90 Å². The van der Waals surface area contributed by atoms with E-state index < -0.39 is 5.97 Å². The molecule has 30 heavy (non-hydrogen) atoms. The normalized spacial score (nSPS) is 17.0. The van der Waals surface area contributed by atoms with E-state index in [0.29, 0.717) is 17.4 Å². The molecule has 1 aromatic rings. The van der Waals surface area contributed by atoms with E-state index in [2.05, 4.69) is 20.5 Å². The highest BCUT2D eigenvalue weighted by Gasteiger charge is 2.23.